The number of aromatic amines is 1. The highest BCUT2D eigenvalue weighted by molar-refractivity contribution is 6.05. The van der Waals surface area contributed by atoms with E-state index < -0.39 is 29.4 Å². The van der Waals surface area contributed by atoms with Gasteiger partial charge in [0.05, 0.1) is 47.1 Å². The number of nitriles is 1. The Hall–Kier alpha value is -6.41. The Morgan fingerprint density at radius 1 is 1.05 bits per heavy atom. The molecule has 0 aliphatic carbocycles. The van der Waals surface area contributed by atoms with Gasteiger partial charge in [-0.15, -0.1) is 0 Å². The second-order valence-electron chi connectivity index (χ2n) is 16.8. The number of rotatable bonds is 14. The molecule has 324 valence electrons. The van der Waals surface area contributed by atoms with Gasteiger partial charge in [-0.25, -0.2) is 18.4 Å². The van der Waals surface area contributed by atoms with E-state index in [1.807, 2.05) is 37.1 Å². The zero-order valence-electron chi connectivity index (χ0n) is 35.4. The van der Waals surface area contributed by atoms with E-state index in [2.05, 4.69) is 55.4 Å². The minimum absolute atomic E-state index is 0.0325. The van der Waals surface area contributed by atoms with Crippen molar-refractivity contribution in [3.63, 3.8) is 0 Å². The molecule has 3 amide bonds. The lowest BCUT2D eigenvalue weighted by Crippen LogP contribution is -2.58. The number of amides is 3. The molecule has 15 nitrogen and oxygen atoms in total. The molecule has 3 aromatic heterocycles. The number of piperazine rings is 1. The van der Waals surface area contributed by atoms with Crippen molar-refractivity contribution in [2.75, 3.05) is 61.0 Å². The Morgan fingerprint density at radius 2 is 1.84 bits per heavy atom. The largest absolute Gasteiger partial charge is 0.477 e. The Morgan fingerprint density at radius 3 is 2.58 bits per heavy atom. The molecule has 3 N–H and O–H groups in total. The first-order valence-corrected chi connectivity index (χ1v) is 21.3. The van der Waals surface area contributed by atoms with Crippen molar-refractivity contribution in [1.29, 1.82) is 5.26 Å². The number of carbonyl (C=O) groups is 3. The number of nitrogens with one attached hydrogen (secondary N) is 3. The van der Waals surface area contributed by atoms with Gasteiger partial charge in [-0.3, -0.25) is 34.9 Å². The summed E-state index contributed by atoms with van der Waals surface area (Å²) in [5.74, 6) is -2.37. The molecule has 0 saturated carbocycles. The number of H-pyrrole nitrogens is 1. The van der Waals surface area contributed by atoms with Gasteiger partial charge in [0.15, 0.2) is 0 Å². The first-order valence-electron chi connectivity index (χ1n) is 21.3. The number of aromatic nitrogens is 5. The molecule has 3 saturated heterocycles. The lowest BCUT2D eigenvalue weighted by molar-refractivity contribution is -0.134. The van der Waals surface area contributed by atoms with Gasteiger partial charge in [-0.05, 0) is 74.6 Å². The summed E-state index contributed by atoms with van der Waals surface area (Å²) in [4.78, 5) is 56.2. The van der Waals surface area contributed by atoms with Crippen LogP contribution in [0.4, 0.5) is 26.1 Å². The maximum Gasteiger partial charge on any atom is 0.258 e. The van der Waals surface area contributed by atoms with Crippen LogP contribution in [0.2, 0.25) is 0 Å². The molecule has 3 atom stereocenters. The molecule has 0 bridgehead atoms. The number of benzene rings is 2. The van der Waals surface area contributed by atoms with Crippen LogP contribution in [-0.4, -0.2) is 99.3 Å². The molecule has 0 unspecified atom stereocenters. The molecule has 6 heterocycles. The van der Waals surface area contributed by atoms with Gasteiger partial charge in [0.25, 0.3) is 5.91 Å². The fraction of sp³-hybridized carbons (Fsp3) is 0.444. The highest BCUT2D eigenvalue weighted by Crippen LogP contribution is 2.35. The van der Waals surface area contributed by atoms with Crippen molar-refractivity contribution in [2.45, 2.75) is 64.8 Å². The predicted octanol–water partition coefficient (Wildman–Crippen LogP) is 6.07. The molecular weight excluding hydrogens is 797 g/mol. The summed E-state index contributed by atoms with van der Waals surface area (Å²) in [7, 11) is 1.82. The maximum atomic E-state index is 15.2. The van der Waals surface area contributed by atoms with E-state index in [9.17, 15) is 19.6 Å². The van der Waals surface area contributed by atoms with Crippen molar-refractivity contribution in [3.8, 4) is 23.2 Å². The third-order valence-corrected chi connectivity index (χ3v) is 12.3. The van der Waals surface area contributed by atoms with Gasteiger partial charge in [0.2, 0.25) is 23.6 Å². The molecule has 62 heavy (non-hydrogen) atoms. The number of aryl methyl sites for hydroxylation is 2. The SMILES string of the molecule is CC[C@H](C)CCCOc1c(-c2cc(C(=O)Nc3nc4ccc(N5CCN(CC6CN(c7cc(F)c([C@H]8CCC(=O)NC8=O)c(F)c7)C6)[C@@H](C#N)C5)cc4[nH]3)cc(C)n2)cnn1C. The summed E-state index contributed by atoms with van der Waals surface area (Å²) in [6, 6.07) is 13.9. The summed E-state index contributed by atoms with van der Waals surface area (Å²) in [6.07, 6.45) is 4.94. The number of carbonyl (C=O) groups excluding carboxylic acids is 3. The van der Waals surface area contributed by atoms with Gasteiger partial charge in [-0.1, -0.05) is 20.3 Å². The average molecular weight is 848 g/mol. The van der Waals surface area contributed by atoms with Gasteiger partial charge in [-0.2, -0.15) is 10.4 Å². The number of hydrogen-bond donors (Lipinski definition) is 3. The molecule has 0 radical (unpaired) electrons. The summed E-state index contributed by atoms with van der Waals surface area (Å²) < 4.78 is 38.2. The third-order valence-electron chi connectivity index (χ3n) is 12.3. The van der Waals surface area contributed by atoms with Crippen LogP contribution in [0.5, 0.6) is 5.88 Å². The van der Waals surface area contributed by atoms with Gasteiger partial charge in [0.1, 0.15) is 17.7 Å². The number of hydrogen-bond acceptors (Lipinski definition) is 11. The van der Waals surface area contributed by atoms with Crippen molar-refractivity contribution >= 4 is 46.1 Å². The van der Waals surface area contributed by atoms with Crippen LogP contribution in [0.15, 0.2) is 48.7 Å². The monoisotopic (exact) mass is 847 g/mol. The van der Waals surface area contributed by atoms with Crippen LogP contribution in [0.3, 0.4) is 0 Å². The first kappa shape index (κ1) is 42.3. The number of ether oxygens (including phenoxy) is 1. The van der Waals surface area contributed by atoms with Crippen molar-refractivity contribution in [1.82, 2.24) is 34.9 Å². The van der Waals surface area contributed by atoms with E-state index in [-0.39, 0.29) is 36.3 Å². The van der Waals surface area contributed by atoms with Gasteiger partial charge < -0.3 is 19.5 Å². The highest BCUT2D eigenvalue weighted by atomic mass is 19.1. The summed E-state index contributed by atoms with van der Waals surface area (Å²) >= 11 is 0. The normalized spacial score (nSPS) is 19.0. The standard InChI is InChI=1S/C45H51F2N11O4/c1-5-26(2)7-6-14-62-44-34(21-49-55(44)4)38-16-29(15-27(3)50-38)42(60)54-45-51-37-10-8-30(19-39(37)52-45)57-13-12-56(32(20-48)25-57)22-28-23-58(24-28)31-17-35(46)41(36(47)18-31)33-9-11-40(59)53-43(33)61/h8,10,15-19,21,26,28,32-33H,5-7,9,11-14,22-25H2,1-4H3,(H,53,59,61)(H2,51,52,54,60)/t26-,32-,33+/m0/s1. The minimum Gasteiger partial charge on any atom is -0.477 e. The maximum absolute atomic E-state index is 15.2. The summed E-state index contributed by atoms with van der Waals surface area (Å²) in [5.41, 5.74) is 4.81. The average Bonchev–Trinajstić information content (AvgIpc) is 3.82. The summed E-state index contributed by atoms with van der Waals surface area (Å²) in [5, 5.41) is 19.7. The second-order valence-corrected chi connectivity index (χ2v) is 16.8. The molecule has 3 aliphatic heterocycles. The number of imidazole rings is 1. The topological polar surface area (TPSA) is 177 Å². The number of fused-ring (bicyclic) bond motifs is 1. The molecule has 3 fully saturated rings. The molecular formula is C45H51F2N11O4. The Kier molecular flexibility index (Phi) is 12.2. The summed E-state index contributed by atoms with van der Waals surface area (Å²) in [6.45, 7) is 10.5. The van der Waals surface area contributed by atoms with E-state index in [4.69, 9.17) is 9.72 Å². The number of piperidine rings is 1. The van der Waals surface area contributed by atoms with Crippen LogP contribution >= 0.6 is 0 Å². The number of nitrogens with zero attached hydrogens (tertiary/aromatic N) is 8. The molecule has 17 heteroatoms. The third kappa shape index (κ3) is 8.96. The number of pyridine rings is 1. The van der Waals surface area contributed by atoms with Crippen LogP contribution < -0.4 is 25.2 Å². The zero-order chi connectivity index (χ0) is 43.7. The van der Waals surface area contributed by atoms with Crippen molar-refractivity contribution < 1.29 is 27.9 Å². The van der Waals surface area contributed by atoms with Crippen LogP contribution in [-0.2, 0) is 16.6 Å². The van der Waals surface area contributed by atoms with E-state index in [0.29, 0.717) is 97.3 Å². The fourth-order valence-electron chi connectivity index (χ4n) is 8.63. The van der Waals surface area contributed by atoms with Crippen LogP contribution in [0.25, 0.3) is 22.3 Å². The Balaban J connectivity index is 0.862. The quantitative estimate of drug-likeness (QED) is 0.0873. The van der Waals surface area contributed by atoms with Gasteiger partial charge in [0, 0.05) is 86.9 Å². The van der Waals surface area contributed by atoms with E-state index >= 15 is 8.78 Å². The van der Waals surface area contributed by atoms with Gasteiger partial charge >= 0.3 is 0 Å². The predicted molar refractivity (Wildman–Crippen MR) is 230 cm³/mol. The van der Waals surface area contributed by atoms with Crippen molar-refractivity contribution in [2.24, 2.45) is 18.9 Å². The zero-order valence-corrected chi connectivity index (χ0v) is 35.4. The minimum atomic E-state index is -1.04. The number of imide groups is 1. The second kappa shape index (κ2) is 17.9. The van der Waals surface area contributed by atoms with E-state index in [0.717, 1.165) is 30.5 Å². The van der Waals surface area contributed by atoms with E-state index in [1.54, 1.807) is 23.0 Å². The molecule has 5 aromatic rings. The first-order chi connectivity index (χ1) is 29.9. The Labute approximate surface area is 358 Å². The van der Waals surface area contributed by atoms with Crippen molar-refractivity contribution in [3.05, 3.63) is 77.1 Å². The lowest BCUT2D eigenvalue weighted by Gasteiger charge is -2.46. The lowest BCUT2D eigenvalue weighted by atomic mass is 9.89. The Bertz CT molecular complexity index is 2520. The fourth-order valence-corrected chi connectivity index (χ4v) is 8.63. The number of anilines is 3. The number of halogens is 2. The molecule has 2 aromatic carbocycles. The molecule has 8 rings (SSSR count). The smallest absolute Gasteiger partial charge is 0.258 e. The van der Waals surface area contributed by atoms with E-state index in [1.165, 1.54) is 12.1 Å². The van der Waals surface area contributed by atoms with Crippen LogP contribution in [0.1, 0.15) is 73.5 Å². The van der Waals surface area contributed by atoms with Crippen LogP contribution in [0, 0.1) is 41.7 Å². The molecule has 3 aliphatic rings. The highest BCUT2D eigenvalue weighted by Gasteiger charge is 2.36. The molecule has 0 spiro atoms.